The SMILES string of the molecule is CC(C)N1CCC(CN2CCCN(C(=O)c3ccco3)CC2)C1. The predicted molar refractivity (Wildman–Crippen MR) is 90.5 cm³/mol. The number of nitrogens with zero attached hydrogens (tertiary/aromatic N) is 3. The fourth-order valence-electron chi connectivity index (χ4n) is 3.76. The second kappa shape index (κ2) is 7.49. The van der Waals surface area contributed by atoms with Crippen molar-refractivity contribution in [1.82, 2.24) is 14.7 Å². The maximum atomic E-state index is 12.4. The zero-order valence-corrected chi connectivity index (χ0v) is 14.4. The van der Waals surface area contributed by atoms with Gasteiger partial charge in [-0.3, -0.25) is 4.79 Å². The van der Waals surface area contributed by atoms with Crippen LogP contribution in [-0.2, 0) is 0 Å². The number of rotatable bonds is 4. The number of furan rings is 1. The molecule has 5 nitrogen and oxygen atoms in total. The van der Waals surface area contributed by atoms with E-state index in [0.29, 0.717) is 11.8 Å². The summed E-state index contributed by atoms with van der Waals surface area (Å²) in [6.45, 7) is 11.9. The molecule has 1 unspecified atom stereocenters. The molecule has 1 amide bonds. The molecule has 0 radical (unpaired) electrons. The van der Waals surface area contributed by atoms with Gasteiger partial charge in [0.05, 0.1) is 6.26 Å². The molecule has 2 aliphatic rings. The average molecular weight is 319 g/mol. The Morgan fingerprint density at radius 3 is 2.83 bits per heavy atom. The van der Waals surface area contributed by atoms with Gasteiger partial charge in [0, 0.05) is 38.8 Å². The molecule has 5 heteroatoms. The van der Waals surface area contributed by atoms with E-state index < -0.39 is 0 Å². The lowest BCUT2D eigenvalue weighted by atomic mass is 10.1. The highest BCUT2D eigenvalue weighted by atomic mass is 16.3. The van der Waals surface area contributed by atoms with E-state index in [1.807, 2.05) is 4.90 Å². The summed E-state index contributed by atoms with van der Waals surface area (Å²) in [5.74, 6) is 1.27. The number of carbonyl (C=O) groups is 1. The molecule has 3 rings (SSSR count). The molecule has 128 valence electrons. The molecule has 2 saturated heterocycles. The maximum Gasteiger partial charge on any atom is 0.289 e. The summed E-state index contributed by atoms with van der Waals surface area (Å²) in [6.07, 6.45) is 3.93. The van der Waals surface area contributed by atoms with Crippen molar-refractivity contribution in [2.45, 2.75) is 32.7 Å². The number of carbonyl (C=O) groups excluding carboxylic acids is 1. The van der Waals surface area contributed by atoms with E-state index in [4.69, 9.17) is 4.42 Å². The first kappa shape index (κ1) is 16.5. The van der Waals surface area contributed by atoms with Crippen LogP contribution in [0, 0.1) is 5.92 Å². The highest BCUT2D eigenvalue weighted by molar-refractivity contribution is 5.91. The van der Waals surface area contributed by atoms with Gasteiger partial charge in [-0.25, -0.2) is 0 Å². The van der Waals surface area contributed by atoms with Crippen LogP contribution in [0.3, 0.4) is 0 Å². The second-order valence-corrected chi connectivity index (χ2v) is 7.17. The minimum atomic E-state index is 0.0312. The minimum absolute atomic E-state index is 0.0312. The number of hydrogen-bond acceptors (Lipinski definition) is 4. The molecule has 0 aromatic carbocycles. The Morgan fingerprint density at radius 1 is 1.26 bits per heavy atom. The molecule has 2 aliphatic heterocycles. The molecule has 0 aliphatic carbocycles. The first-order valence-corrected chi connectivity index (χ1v) is 8.92. The molecule has 0 bridgehead atoms. The summed E-state index contributed by atoms with van der Waals surface area (Å²) < 4.78 is 5.25. The van der Waals surface area contributed by atoms with Crippen LogP contribution >= 0.6 is 0 Å². The van der Waals surface area contributed by atoms with Crippen LogP contribution in [0.15, 0.2) is 22.8 Å². The maximum absolute atomic E-state index is 12.4. The topological polar surface area (TPSA) is 39.9 Å². The molecular formula is C18H29N3O2. The summed E-state index contributed by atoms with van der Waals surface area (Å²) >= 11 is 0. The number of hydrogen-bond donors (Lipinski definition) is 0. The molecule has 1 aromatic heterocycles. The van der Waals surface area contributed by atoms with E-state index in [9.17, 15) is 4.79 Å². The largest absolute Gasteiger partial charge is 0.459 e. The number of likely N-dealkylation sites (tertiary alicyclic amines) is 1. The lowest BCUT2D eigenvalue weighted by molar-refractivity contribution is 0.0728. The molecule has 3 heterocycles. The molecule has 23 heavy (non-hydrogen) atoms. The van der Waals surface area contributed by atoms with Crippen LogP contribution in [-0.4, -0.2) is 72.5 Å². The van der Waals surface area contributed by atoms with Crippen molar-refractivity contribution in [3.8, 4) is 0 Å². The van der Waals surface area contributed by atoms with Gasteiger partial charge in [0.15, 0.2) is 5.76 Å². The van der Waals surface area contributed by atoms with Crippen molar-refractivity contribution in [3.05, 3.63) is 24.2 Å². The van der Waals surface area contributed by atoms with Gasteiger partial charge in [-0.05, 0) is 57.8 Å². The van der Waals surface area contributed by atoms with E-state index in [1.54, 1.807) is 18.4 Å². The van der Waals surface area contributed by atoms with Gasteiger partial charge in [-0.15, -0.1) is 0 Å². The fraction of sp³-hybridized carbons (Fsp3) is 0.722. The van der Waals surface area contributed by atoms with Crippen molar-refractivity contribution in [2.75, 3.05) is 45.8 Å². The Hall–Kier alpha value is -1.33. The molecule has 2 fully saturated rings. The molecule has 1 atom stereocenters. The van der Waals surface area contributed by atoms with Gasteiger partial charge >= 0.3 is 0 Å². The fourth-order valence-corrected chi connectivity index (χ4v) is 3.76. The van der Waals surface area contributed by atoms with Gasteiger partial charge in [0.25, 0.3) is 5.91 Å². The number of amides is 1. The second-order valence-electron chi connectivity index (χ2n) is 7.17. The van der Waals surface area contributed by atoms with E-state index in [2.05, 4.69) is 23.6 Å². The van der Waals surface area contributed by atoms with Crippen molar-refractivity contribution < 1.29 is 9.21 Å². The lowest BCUT2D eigenvalue weighted by Crippen LogP contribution is -2.37. The first-order chi connectivity index (χ1) is 11.1. The minimum Gasteiger partial charge on any atom is -0.459 e. The molecule has 1 aromatic rings. The molecule has 0 saturated carbocycles. The van der Waals surface area contributed by atoms with Gasteiger partial charge in [-0.2, -0.15) is 0 Å². The standard InChI is InChI=1S/C18H29N3O2/c1-15(2)21-9-6-16(14-21)13-19-7-4-8-20(11-10-19)18(22)17-5-3-12-23-17/h3,5,12,15-16H,4,6-11,13-14H2,1-2H3. The summed E-state index contributed by atoms with van der Waals surface area (Å²) in [5, 5.41) is 0. The van der Waals surface area contributed by atoms with Gasteiger partial charge in [0.2, 0.25) is 0 Å². The third kappa shape index (κ3) is 4.15. The normalized spacial score (nSPS) is 24.3. The highest BCUT2D eigenvalue weighted by Gasteiger charge is 2.27. The van der Waals surface area contributed by atoms with Crippen molar-refractivity contribution >= 4 is 5.91 Å². The summed E-state index contributed by atoms with van der Waals surface area (Å²) in [6, 6.07) is 4.19. The van der Waals surface area contributed by atoms with Crippen molar-refractivity contribution in [1.29, 1.82) is 0 Å². The predicted octanol–water partition coefficient (Wildman–Crippen LogP) is 2.16. The summed E-state index contributed by atoms with van der Waals surface area (Å²) in [5.41, 5.74) is 0. The van der Waals surface area contributed by atoms with Crippen molar-refractivity contribution in [3.63, 3.8) is 0 Å². The Morgan fingerprint density at radius 2 is 2.13 bits per heavy atom. The van der Waals surface area contributed by atoms with E-state index >= 15 is 0 Å². The monoisotopic (exact) mass is 319 g/mol. The van der Waals surface area contributed by atoms with Gasteiger partial charge < -0.3 is 19.1 Å². The Kier molecular flexibility index (Phi) is 5.38. The van der Waals surface area contributed by atoms with Crippen LogP contribution in [0.25, 0.3) is 0 Å². The highest BCUT2D eigenvalue weighted by Crippen LogP contribution is 2.20. The van der Waals surface area contributed by atoms with Crippen LogP contribution in [0.2, 0.25) is 0 Å². The third-order valence-corrected chi connectivity index (χ3v) is 5.17. The Bertz CT molecular complexity index is 500. The smallest absolute Gasteiger partial charge is 0.289 e. The van der Waals surface area contributed by atoms with Crippen LogP contribution in [0.5, 0.6) is 0 Å². The van der Waals surface area contributed by atoms with E-state index in [0.717, 1.165) is 38.5 Å². The molecule has 0 N–H and O–H groups in total. The van der Waals surface area contributed by atoms with Crippen LogP contribution < -0.4 is 0 Å². The zero-order chi connectivity index (χ0) is 16.2. The average Bonchev–Trinajstić information content (AvgIpc) is 3.16. The summed E-state index contributed by atoms with van der Waals surface area (Å²) in [4.78, 5) is 19.5. The van der Waals surface area contributed by atoms with Crippen LogP contribution in [0.4, 0.5) is 0 Å². The Labute approximate surface area is 139 Å². The lowest BCUT2D eigenvalue weighted by Gasteiger charge is -2.25. The first-order valence-electron chi connectivity index (χ1n) is 8.92. The molecular weight excluding hydrogens is 290 g/mol. The Balaban J connectivity index is 1.48. The summed E-state index contributed by atoms with van der Waals surface area (Å²) in [7, 11) is 0. The van der Waals surface area contributed by atoms with Gasteiger partial charge in [-0.1, -0.05) is 0 Å². The van der Waals surface area contributed by atoms with E-state index in [-0.39, 0.29) is 5.91 Å². The quantitative estimate of drug-likeness (QED) is 0.853. The third-order valence-electron chi connectivity index (χ3n) is 5.17. The van der Waals surface area contributed by atoms with E-state index in [1.165, 1.54) is 26.1 Å². The van der Waals surface area contributed by atoms with Crippen molar-refractivity contribution in [2.24, 2.45) is 5.92 Å². The van der Waals surface area contributed by atoms with Gasteiger partial charge in [0.1, 0.15) is 0 Å². The zero-order valence-electron chi connectivity index (χ0n) is 14.4. The molecule has 0 spiro atoms. The van der Waals surface area contributed by atoms with Crippen LogP contribution in [0.1, 0.15) is 37.2 Å².